The minimum Gasteiger partial charge on any atom is -0.497 e. The Hall–Kier alpha value is -1.81. The second-order valence-electron chi connectivity index (χ2n) is 5.81. The molecule has 26 heavy (non-hydrogen) atoms. The Morgan fingerprint density at radius 3 is 2.23 bits per heavy atom. The first kappa shape index (κ1) is 20.5. The smallest absolute Gasteiger partial charge is 0.241 e. The molecule has 1 unspecified atom stereocenters. The summed E-state index contributed by atoms with van der Waals surface area (Å²) in [5.74, 6) is 0.353. The molecule has 1 N–H and O–H groups in total. The number of hydrogen-bond donors (Lipinski definition) is 1. The number of rotatable bonds is 7. The zero-order chi connectivity index (χ0) is 19.3. The van der Waals surface area contributed by atoms with Crippen LogP contribution in [0.1, 0.15) is 18.5 Å². The SMILES string of the molecule is COc1ccc(C(C)NC(=O)CN(c2ccc(I)cc2)S(C)(=O)=O)cc1. The normalized spacial score (nSPS) is 12.3. The summed E-state index contributed by atoms with van der Waals surface area (Å²) in [4.78, 5) is 12.4. The molecule has 0 heterocycles. The van der Waals surface area contributed by atoms with Crippen molar-refractivity contribution >= 4 is 44.2 Å². The Balaban J connectivity index is 2.10. The molecular weight excluding hydrogens is 467 g/mol. The Bertz CT molecular complexity index is 852. The highest BCUT2D eigenvalue weighted by atomic mass is 127. The molecule has 0 aliphatic carbocycles. The van der Waals surface area contributed by atoms with E-state index in [2.05, 4.69) is 27.9 Å². The van der Waals surface area contributed by atoms with Crippen molar-refractivity contribution < 1.29 is 17.9 Å². The van der Waals surface area contributed by atoms with Crippen molar-refractivity contribution in [2.24, 2.45) is 0 Å². The standard InChI is InChI=1S/C18H21IN2O4S/c1-13(14-4-10-17(25-2)11-5-14)20-18(22)12-21(26(3,23)24)16-8-6-15(19)7-9-16/h4-11,13H,12H2,1-3H3,(H,20,22). The van der Waals surface area contributed by atoms with E-state index in [-0.39, 0.29) is 18.5 Å². The topological polar surface area (TPSA) is 75.7 Å². The maximum absolute atomic E-state index is 12.4. The zero-order valence-electron chi connectivity index (χ0n) is 14.8. The maximum Gasteiger partial charge on any atom is 0.241 e. The summed E-state index contributed by atoms with van der Waals surface area (Å²) in [6.45, 7) is 1.56. The molecule has 0 radical (unpaired) electrons. The van der Waals surface area contributed by atoms with Gasteiger partial charge in [-0.15, -0.1) is 0 Å². The largest absolute Gasteiger partial charge is 0.497 e. The van der Waals surface area contributed by atoms with Gasteiger partial charge in [0, 0.05) is 3.57 Å². The van der Waals surface area contributed by atoms with E-state index in [1.807, 2.05) is 31.2 Å². The van der Waals surface area contributed by atoms with Crippen LogP contribution in [0, 0.1) is 3.57 Å². The minimum atomic E-state index is -3.58. The molecule has 0 aromatic heterocycles. The van der Waals surface area contributed by atoms with Crippen LogP contribution in [0.25, 0.3) is 0 Å². The van der Waals surface area contributed by atoms with E-state index in [0.29, 0.717) is 5.69 Å². The molecule has 0 spiro atoms. The quantitative estimate of drug-likeness (QED) is 0.609. The average Bonchev–Trinajstić information content (AvgIpc) is 2.59. The molecule has 0 aliphatic heterocycles. The molecule has 2 aromatic carbocycles. The van der Waals surface area contributed by atoms with Crippen LogP contribution >= 0.6 is 22.6 Å². The summed E-state index contributed by atoms with van der Waals surface area (Å²) < 4.78 is 31.4. The van der Waals surface area contributed by atoms with Crippen LogP contribution in [-0.2, 0) is 14.8 Å². The zero-order valence-corrected chi connectivity index (χ0v) is 17.7. The summed E-state index contributed by atoms with van der Waals surface area (Å²) in [7, 11) is -1.99. The number of carbonyl (C=O) groups is 1. The maximum atomic E-state index is 12.4. The van der Waals surface area contributed by atoms with E-state index in [1.54, 1.807) is 31.4 Å². The van der Waals surface area contributed by atoms with Gasteiger partial charge in [-0.25, -0.2) is 8.42 Å². The number of methoxy groups -OCH3 is 1. The van der Waals surface area contributed by atoms with Crippen molar-refractivity contribution in [3.63, 3.8) is 0 Å². The van der Waals surface area contributed by atoms with Gasteiger partial charge < -0.3 is 10.1 Å². The van der Waals surface area contributed by atoms with Crippen LogP contribution in [0.2, 0.25) is 0 Å². The average molecular weight is 488 g/mol. The summed E-state index contributed by atoms with van der Waals surface area (Å²) >= 11 is 2.14. The fraction of sp³-hybridized carbons (Fsp3) is 0.278. The van der Waals surface area contributed by atoms with Gasteiger partial charge in [0.2, 0.25) is 15.9 Å². The number of hydrogen-bond acceptors (Lipinski definition) is 4. The van der Waals surface area contributed by atoms with E-state index in [9.17, 15) is 13.2 Å². The van der Waals surface area contributed by atoms with Crippen LogP contribution in [-0.4, -0.2) is 34.2 Å². The van der Waals surface area contributed by atoms with E-state index in [1.165, 1.54) is 0 Å². The van der Waals surface area contributed by atoms with E-state index in [4.69, 9.17) is 4.74 Å². The van der Waals surface area contributed by atoms with Crippen LogP contribution in [0.15, 0.2) is 48.5 Å². The predicted molar refractivity (Wildman–Crippen MR) is 111 cm³/mol. The van der Waals surface area contributed by atoms with Gasteiger partial charge in [-0.2, -0.15) is 0 Å². The van der Waals surface area contributed by atoms with Crippen molar-refractivity contribution in [3.8, 4) is 5.75 Å². The van der Waals surface area contributed by atoms with Crippen molar-refractivity contribution in [2.75, 3.05) is 24.2 Å². The summed E-state index contributed by atoms with van der Waals surface area (Å²) in [6, 6.07) is 14.0. The number of benzene rings is 2. The molecule has 0 saturated carbocycles. The second-order valence-corrected chi connectivity index (χ2v) is 8.96. The van der Waals surface area contributed by atoms with Gasteiger partial charge in [0.15, 0.2) is 0 Å². The van der Waals surface area contributed by atoms with Gasteiger partial charge in [0.05, 0.1) is 25.1 Å². The molecule has 0 bridgehead atoms. The van der Waals surface area contributed by atoms with Gasteiger partial charge in [0.25, 0.3) is 0 Å². The third-order valence-electron chi connectivity index (χ3n) is 3.80. The minimum absolute atomic E-state index is 0.258. The second kappa shape index (κ2) is 8.72. The number of nitrogens with one attached hydrogen (secondary N) is 1. The van der Waals surface area contributed by atoms with Gasteiger partial charge in [-0.1, -0.05) is 12.1 Å². The summed E-state index contributed by atoms with van der Waals surface area (Å²) in [6.07, 6.45) is 1.09. The Labute approximate surface area is 167 Å². The van der Waals surface area contributed by atoms with Crippen molar-refractivity contribution in [1.29, 1.82) is 0 Å². The van der Waals surface area contributed by atoms with E-state index >= 15 is 0 Å². The van der Waals surface area contributed by atoms with Gasteiger partial charge in [0.1, 0.15) is 12.3 Å². The first-order valence-electron chi connectivity index (χ1n) is 7.87. The molecule has 0 aliphatic rings. The molecule has 8 heteroatoms. The van der Waals surface area contributed by atoms with Gasteiger partial charge in [-0.05, 0) is 71.5 Å². The first-order chi connectivity index (χ1) is 12.2. The fourth-order valence-electron chi connectivity index (χ4n) is 2.40. The lowest BCUT2D eigenvalue weighted by Gasteiger charge is -2.23. The van der Waals surface area contributed by atoms with Gasteiger partial charge >= 0.3 is 0 Å². The lowest BCUT2D eigenvalue weighted by atomic mass is 10.1. The summed E-state index contributed by atoms with van der Waals surface area (Å²) in [5.41, 5.74) is 1.36. The van der Waals surface area contributed by atoms with Crippen LogP contribution < -0.4 is 14.4 Å². The molecule has 0 fully saturated rings. The van der Waals surface area contributed by atoms with E-state index in [0.717, 1.165) is 25.4 Å². The Morgan fingerprint density at radius 1 is 1.15 bits per heavy atom. The highest BCUT2D eigenvalue weighted by Gasteiger charge is 2.21. The molecule has 0 saturated heterocycles. The third kappa shape index (κ3) is 5.60. The highest BCUT2D eigenvalue weighted by molar-refractivity contribution is 14.1. The van der Waals surface area contributed by atoms with Crippen molar-refractivity contribution in [2.45, 2.75) is 13.0 Å². The fourth-order valence-corrected chi connectivity index (χ4v) is 3.62. The molecule has 6 nitrogen and oxygen atoms in total. The highest BCUT2D eigenvalue weighted by Crippen LogP contribution is 2.20. The lowest BCUT2D eigenvalue weighted by Crippen LogP contribution is -2.41. The van der Waals surface area contributed by atoms with Gasteiger partial charge in [-0.3, -0.25) is 9.10 Å². The molecule has 1 amide bonds. The number of ether oxygens (including phenoxy) is 1. The number of halogens is 1. The third-order valence-corrected chi connectivity index (χ3v) is 5.66. The van der Waals surface area contributed by atoms with Crippen LogP contribution in [0.4, 0.5) is 5.69 Å². The number of nitrogens with zero attached hydrogens (tertiary/aromatic N) is 1. The number of carbonyl (C=O) groups excluding carboxylic acids is 1. The molecule has 1 atom stereocenters. The molecular formula is C18H21IN2O4S. The first-order valence-corrected chi connectivity index (χ1v) is 10.8. The lowest BCUT2D eigenvalue weighted by molar-refractivity contribution is -0.120. The molecule has 2 rings (SSSR count). The number of amides is 1. The van der Waals surface area contributed by atoms with Crippen molar-refractivity contribution in [3.05, 3.63) is 57.7 Å². The molecule has 2 aromatic rings. The van der Waals surface area contributed by atoms with E-state index < -0.39 is 10.0 Å². The monoisotopic (exact) mass is 488 g/mol. The Kier molecular flexibility index (Phi) is 6.87. The predicted octanol–water partition coefficient (Wildman–Crippen LogP) is 2.94. The number of sulfonamides is 1. The Morgan fingerprint density at radius 2 is 1.73 bits per heavy atom. The number of anilines is 1. The van der Waals surface area contributed by atoms with Crippen LogP contribution in [0.3, 0.4) is 0 Å². The summed E-state index contributed by atoms with van der Waals surface area (Å²) in [5, 5.41) is 2.83. The van der Waals surface area contributed by atoms with Crippen LogP contribution in [0.5, 0.6) is 5.75 Å². The molecule has 140 valence electrons. The van der Waals surface area contributed by atoms with Crippen molar-refractivity contribution in [1.82, 2.24) is 5.32 Å².